The van der Waals surface area contributed by atoms with E-state index in [9.17, 15) is 18.8 Å². The van der Waals surface area contributed by atoms with Gasteiger partial charge in [-0.1, -0.05) is 6.07 Å². The lowest BCUT2D eigenvalue weighted by Crippen LogP contribution is -2.43. The number of nitrogens with two attached hydrogens (primary N) is 1. The highest BCUT2D eigenvalue weighted by atomic mass is 32.1. The number of amides is 1. The van der Waals surface area contributed by atoms with Crippen molar-refractivity contribution in [3.63, 3.8) is 0 Å². The fourth-order valence-corrected chi connectivity index (χ4v) is 9.31. The first-order valence-electron chi connectivity index (χ1n) is 16.9. The van der Waals surface area contributed by atoms with Gasteiger partial charge in [-0.3, -0.25) is 9.69 Å². The Morgan fingerprint density at radius 3 is 2.71 bits per heavy atom. The number of aromatic nitrogens is 2. The van der Waals surface area contributed by atoms with E-state index in [1.165, 1.54) is 0 Å². The smallest absolute Gasteiger partial charge is 0.417 e. The third-order valence-electron chi connectivity index (χ3n) is 10.8. The second-order valence-corrected chi connectivity index (χ2v) is 14.9. The van der Waals surface area contributed by atoms with Crippen LogP contribution in [0.15, 0.2) is 18.2 Å². The number of thiophene rings is 1. The van der Waals surface area contributed by atoms with Crippen molar-refractivity contribution in [2.45, 2.75) is 75.4 Å². The Balaban J connectivity index is 1.34. The quantitative estimate of drug-likeness (QED) is 0.197. The zero-order chi connectivity index (χ0) is 36.0. The molecule has 1 amide bonds. The van der Waals surface area contributed by atoms with Gasteiger partial charge in [-0.05, 0) is 56.8 Å². The number of alkyl halides is 4. The van der Waals surface area contributed by atoms with Crippen molar-refractivity contribution in [3.05, 3.63) is 41.0 Å². The second kappa shape index (κ2) is 12.1. The molecule has 4 aliphatic rings. The molecule has 8 rings (SSSR count). The lowest BCUT2D eigenvalue weighted by Gasteiger charge is -2.32. The molecule has 51 heavy (non-hydrogen) atoms. The maximum atomic E-state index is 17.2. The van der Waals surface area contributed by atoms with Crippen LogP contribution in [0.25, 0.3) is 32.1 Å². The van der Waals surface area contributed by atoms with Crippen LogP contribution in [-0.4, -0.2) is 82.3 Å². The third-order valence-corrected chi connectivity index (χ3v) is 11.8. The minimum Gasteiger partial charge on any atom is -0.461 e. The molecule has 2 N–H and O–H groups in total. The van der Waals surface area contributed by atoms with Crippen LogP contribution in [0.3, 0.4) is 0 Å². The van der Waals surface area contributed by atoms with Crippen LogP contribution in [-0.2, 0) is 11.0 Å². The van der Waals surface area contributed by atoms with Crippen LogP contribution in [0.1, 0.15) is 56.6 Å². The number of benzene rings is 2. The number of anilines is 2. The fraction of sp³-hybridized carbons (Fsp3) is 0.486. The van der Waals surface area contributed by atoms with E-state index in [0.29, 0.717) is 30.8 Å². The summed E-state index contributed by atoms with van der Waals surface area (Å²) >= 11 is 0.682. The number of ether oxygens (including phenoxy) is 1. The first-order valence-corrected chi connectivity index (χ1v) is 17.8. The van der Waals surface area contributed by atoms with Gasteiger partial charge in [0.1, 0.15) is 41.0 Å². The molecule has 16 heteroatoms. The molecule has 4 aromatic rings. The average Bonchev–Trinajstić information content (AvgIpc) is 3.44. The number of halogens is 6. The lowest BCUT2D eigenvalue weighted by molar-refractivity contribution is -0.137. The Morgan fingerprint density at radius 1 is 1.22 bits per heavy atom. The predicted octanol–water partition coefficient (Wildman–Crippen LogP) is 6.81. The van der Waals surface area contributed by atoms with Gasteiger partial charge in [-0.2, -0.15) is 28.4 Å². The van der Waals surface area contributed by atoms with Gasteiger partial charge in [0.15, 0.2) is 5.82 Å². The number of fused-ring (bicyclic) bond motifs is 3. The molecule has 2 aromatic carbocycles. The lowest BCUT2D eigenvalue weighted by atomic mass is 9.92. The Labute approximate surface area is 292 Å². The molecule has 2 aromatic heterocycles. The number of hydrogen-bond acceptors (Lipinski definition) is 9. The molecular formula is C35H33F6N7O2S. The van der Waals surface area contributed by atoms with Crippen molar-refractivity contribution in [1.82, 2.24) is 19.8 Å². The monoisotopic (exact) mass is 729 g/mol. The molecule has 3 saturated heterocycles. The van der Waals surface area contributed by atoms with Crippen molar-refractivity contribution >= 4 is 49.1 Å². The van der Waals surface area contributed by atoms with Gasteiger partial charge >= 0.3 is 12.2 Å². The minimum absolute atomic E-state index is 0.0186. The molecule has 5 heterocycles. The molecule has 0 radical (unpaired) electrons. The first-order chi connectivity index (χ1) is 24.3. The van der Waals surface area contributed by atoms with E-state index < -0.39 is 52.2 Å². The number of carbonyl (C=O) groups is 1. The SMILES string of the molecule is CCN(c1nc(OCC23CCCN2CC(F)C3)nc2c(F)c(-c3ccc(F)c4sc(N)c(C#N)c34)c(C(F)(F)F)cc12)C1CC(=O)N(C2CC2)C1. The number of nitriles is 1. The van der Waals surface area contributed by atoms with Crippen molar-refractivity contribution < 1.29 is 35.9 Å². The van der Waals surface area contributed by atoms with E-state index in [1.807, 2.05) is 11.0 Å². The van der Waals surface area contributed by atoms with Crippen LogP contribution in [0, 0.1) is 23.0 Å². The van der Waals surface area contributed by atoms with Gasteiger partial charge in [0.25, 0.3) is 0 Å². The third kappa shape index (κ3) is 5.51. The molecule has 1 aliphatic carbocycles. The van der Waals surface area contributed by atoms with Crippen molar-refractivity contribution in [3.8, 4) is 23.2 Å². The van der Waals surface area contributed by atoms with Gasteiger partial charge < -0.3 is 20.3 Å². The molecule has 4 fully saturated rings. The van der Waals surface area contributed by atoms with Crippen LogP contribution < -0.4 is 15.4 Å². The largest absolute Gasteiger partial charge is 0.461 e. The summed E-state index contributed by atoms with van der Waals surface area (Å²) in [5.41, 5.74) is 1.90. The molecule has 3 unspecified atom stereocenters. The number of rotatable bonds is 8. The van der Waals surface area contributed by atoms with E-state index in [1.54, 1.807) is 16.7 Å². The molecule has 3 atom stereocenters. The average molecular weight is 730 g/mol. The molecule has 1 saturated carbocycles. The van der Waals surface area contributed by atoms with E-state index in [-0.39, 0.29) is 87.9 Å². The number of carbonyl (C=O) groups excluding carboxylic acids is 1. The number of likely N-dealkylation sites (N-methyl/N-ethyl adjacent to an activating group) is 1. The zero-order valence-corrected chi connectivity index (χ0v) is 28.3. The Morgan fingerprint density at radius 2 is 2.00 bits per heavy atom. The molecule has 3 aliphatic heterocycles. The van der Waals surface area contributed by atoms with Gasteiger partial charge in [-0.25, -0.2) is 13.2 Å². The number of nitrogens with zero attached hydrogens (tertiary/aromatic N) is 6. The highest BCUT2D eigenvalue weighted by Crippen LogP contribution is 2.49. The van der Waals surface area contributed by atoms with E-state index in [0.717, 1.165) is 37.5 Å². The summed E-state index contributed by atoms with van der Waals surface area (Å²) < 4.78 is 97.8. The Hall–Kier alpha value is -4.36. The first kappa shape index (κ1) is 33.8. The maximum absolute atomic E-state index is 17.2. The Bertz CT molecular complexity index is 2130. The van der Waals surface area contributed by atoms with Crippen molar-refractivity contribution in [1.29, 1.82) is 5.26 Å². The summed E-state index contributed by atoms with van der Waals surface area (Å²) in [5.74, 6) is -2.32. The topological polar surface area (TPSA) is 112 Å². The van der Waals surface area contributed by atoms with E-state index in [4.69, 9.17) is 10.5 Å². The summed E-state index contributed by atoms with van der Waals surface area (Å²) in [6.45, 7) is 3.23. The highest BCUT2D eigenvalue weighted by molar-refractivity contribution is 7.23. The number of hydrogen-bond donors (Lipinski definition) is 1. The molecular weight excluding hydrogens is 696 g/mol. The van der Waals surface area contributed by atoms with Crippen LogP contribution in [0.4, 0.5) is 37.2 Å². The summed E-state index contributed by atoms with van der Waals surface area (Å²) in [6.07, 6.45) is -2.60. The fourth-order valence-electron chi connectivity index (χ4n) is 8.36. The van der Waals surface area contributed by atoms with Gasteiger partial charge in [0.2, 0.25) is 5.91 Å². The van der Waals surface area contributed by atoms with Gasteiger partial charge in [0.05, 0.1) is 27.4 Å². The van der Waals surface area contributed by atoms with Gasteiger partial charge in [0, 0.05) is 54.9 Å². The van der Waals surface area contributed by atoms with E-state index >= 15 is 17.6 Å². The summed E-state index contributed by atoms with van der Waals surface area (Å²) in [4.78, 5) is 27.4. The minimum atomic E-state index is -5.12. The standard InChI is InChI=1S/C35H33F6N7O2S/c1-2-47(19-10-25(49)48(15-19)18-4-5-18)32-21-11-23(35(39,40)41)27(20-6-7-24(37)30-26(20)22(13-42)31(43)51-30)28(38)29(21)44-33(45-32)50-16-34-8-3-9-46(34)14-17(36)12-34/h6-7,11,17-19H,2-5,8-10,12,14-16,43H2,1H3. The highest BCUT2D eigenvalue weighted by Gasteiger charge is 2.50. The Kier molecular flexibility index (Phi) is 8.02. The van der Waals surface area contributed by atoms with Crippen LogP contribution in [0.2, 0.25) is 0 Å². The molecule has 9 nitrogen and oxygen atoms in total. The number of nitrogen functional groups attached to an aromatic ring is 1. The summed E-state index contributed by atoms with van der Waals surface area (Å²) in [5, 5.41) is 9.23. The normalized spacial score (nSPS) is 23.8. The second-order valence-electron chi connectivity index (χ2n) is 13.9. The van der Waals surface area contributed by atoms with Gasteiger partial charge in [-0.15, -0.1) is 11.3 Å². The van der Waals surface area contributed by atoms with Crippen molar-refractivity contribution in [2.75, 3.05) is 43.4 Å². The molecule has 268 valence electrons. The predicted molar refractivity (Wildman–Crippen MR) is 179 cm³/mol. The van der Waals surface area contributed by atoms with Crippen LogP contribution >= 0.6 is 11.3 Å². The van der Waals surface area contributed by atoms with E-state index in [2.05, 4.69) is 9.97 Å². The number of likely N-dealkylation sites (tertiary alicyclic amines) is 1. The maximum Gasteiger partial charge on any atom is 0.417 e. The molecule has 0 bridgehead atoms. The zero-order valence-electron chi connectivity index (χ0n) is 27.5. The van der Waals surface area contributed by atoms with Crippen molar-refractivity contribution in [2.24, 2.45) is 0 Å². The summed E-state index contributed by atoms with van der Waals surface area (Å²) in [6, 6.07) is 3.84. The summed E-state index contributed by atoms with van der Waals surface area (Å²) in [7, 11) is 0. The van der Waals surface area contributed by atoms with Crippen LogP contribution in [0.5, 0.6) is 6.01 Å². The molecule has 0 spiro atoms.